The van der Waals surface area contributed by atoms with Gasteiger partial charge in [-0.15, -0.1) is 17.9 Å². The molecule has 0 amide bonds. The van der Waals surface area contributed by atoms with E-state index >= 15 is 0 Å². The van der Waals surface area contributed by atoms with Crippen molar-refractivity contribution in [1.82, 2.24) is 4.57 Å². The molecule has 0 N–H and O–H groups in total. The number of nitrogens with zero attached hydrogens (tertiary/aromatic N) is 1. The van der Waals surface area contributed by atoms with E-state index in [0.29, 0.717) is 0 Å². The Morgan fingerprint density at radius 1 is 0.481 bits per heavy atom. The van der Waals surface area contributed by atoms with E-state index in [2.05, 4.69) is 194 Å². The van der Waals surface area contributed by atoms with E-state index in [4.69, 9.17) is 0 Å². The lowest BCUT2D eigenvalue weighted by Crippen LogP contribution is -2.03. The number of rotatable bonds is 4. The van der Waals surface area contributed by atoms with Gasteiger partial charge in [-0.25, -0.2) is 0 Å². The van der Waals surface area contributed by atoms with E-state index in [1.54, 1.807) is 0 Å². The summed E-state index contributed by atoms with van der Waals surface area (Å²) in [7, 11) is 0. The Labute approximate surface area is 318 Å². The molecule has 1 aliphatic rings. The Balaban J connectivity index is 1.09. The maximum atomic E-state index is 4.18. The molecule has 1 aliphatic carbocycles. The highest BCUT2D eigenvalue weighted by Crippen LogP contribution is 2.42. The normalized spacial score (nSPS) is 15.5. The van der Waals surface area contributed by atoms with E-state index in [1.807, 2.05) is 17.4 Å². The van der Waals surface area contributed by atoms with Crippen molar-refractivity contribution >= 4 is 86.9 Å². The van der Waals surface area contributed by atoms with Gasteiger partial charge in [0.25, 0.3) is 0 Å². The van der Waals surface area contributed by atoms with E-state index in [0.717, 1.165) is 5.69 Å². The van der Waals surface area contributed by atoms with Crippen LogP contribution in [-0.2, 0) is 0 Å². The van der Waals surface area contributed by atoms with E-state index < -0.39 is 0 Å². The lowest BCUT2D eigenvalue weighted by molar-refractivity contribution is 0.728. The SMILES string of the molecule is C=CC1(C)C=Cc2c(n(-c3cccc(-c4ccc5c6ccccc6c6ccccc6c5c4)c3)c3ccc(-c4ccc5sc6ccccc6c5c4)cc23)C=C1. The minimum atomic E-state index is -0.237. The second-order valence-corrected chi connectivity index (χ2v) is 15.9. The van der Waals surface area contributed by atoms with E-state index in [-0.39, 0.29) is 5.41 Å². The summed E-state index contributed by atoms with van der Waals surface area (Å²) in [4.78, 5) is 0. The molecule has 0 radical (unpaired) electrons. The second kappa shape index (κ2) is 11.8. The van der Waals surface area contributed by atoms with Gasteiger partial charge in [0.1, 0.15) is 0 Å². The Morgan fingerprint density at radius 3 is 1.78 bits per heavy atom. The number of allylic oxidation sites excluding steroid dienone is 3. The van der Waals surface area contributed by atoms with Crippen molar-refractivity contribution in [2.45, 2.75) is 6.92 Å². The van der Waals surface area contributed by atoms with Gasteiger partial charge in [-0.1, -0.05) is 127 Å². The molecule has 1 atom stereocenters. The van der Waals surface area contributed by atoms with Crippen molar-refractivity contribution in [2.75, 3.05) is 0 Å². The van der Waals surface area contributed by atoms with Crippen LogP contribution >= 0.6 is 11.3 Å². The highest BCUT2D eigenvalue weighted by Gasteiger charge is 2.22. The van der Waals surface area contributed by atoms with Crippen LogP contribution in [-0.4, -0.2) is 4.57 Å². The van der Waals surface area contributed by atoms with Crippen LogP contribution in [0.3, 0.4) is 0 Å². The van der Waals surface area contributed by atoms with Crippen LogP contribution in [0.2, 0.25) is 0 Å². The predicted octanol–water partition coefficient (Wildman–Crippen LogP) is 15.0. The molecule has 2 heterocycles. The first-order valence-electron chi connectivity index (χ1n) is 18.6. The lowest BCUT2D eigenvalue weighted by atomic mass is 9.90. The second-order valence-electron chi connectivity index (χ2n) is 14.8. The Bertz CT molecular complexity index is 3220. The van der Waals surface area contributed by atoms with Crippen molar-refractivity contribution in [2.24, 2.45) is 5.41 Å². The number of hydrogen-bond donors (Lipinski definition) is 0. The Kier molecular flexibility index (Phi) is 6.77. The fraction of sp³-hybridized carbons (Fsp3) is 0.0385. The fourth-order valence-corrected chi connectivity index (χ4v) is 9.75. The first-order chi connectivity index (χ1) is 26.5. The van der Waals surface area contributed by atoms with Gasteiger partial charge < -0.3 is 4.57 Å². The molecule has 1 nitrogen and oxygen atoms in total. The van der Waals surface area contributed by atoms with Gasteiger partial charge in [-0.05, 0) is 116 Å². The highest BCUT2D eigenvalue weighted by atomic mass is 32.1. The van der Waals surface area contributed by atoms with Crippen molar-refractivity contribution in [3.05, 3.63) is 188 Å². The topological polar surface area (TPSA) is 4.93 Å². The molecule has 0 saturated carbocycles. The van der Waals surface area contributed by atoms with E-state index in [1.165, 1.54) is 96.9 Å². The Hall–Kier alpha value is -6.48. The van der Waals surface area contributed by atoms with Crippen molar-refractivity contribution in [3.63, 3.8) is 0 Å². The summed E-state index contributed by atoms with van der Waals surface area (Å²) in [6.07, 6.45) is 11.2. The van der Waals surface area contributed by atoms with Gasteiger partial charge in [0.2, 0.25) is 0 Å². The molecule has 54 heavy (non-hydrogen) atoms. The fourth-order valence-electron chi connectivity index (χ4n) is 8.66. The number of aromatic nitrogens is 1. The van der Waals surface area contributed by atoms with Crippen LogP contribution in [0.1, 0.15) is 18.2 Å². The molecule has 1 unspecified atom stereocenters. The summed E-state index contributed by atoms with van der Waals surface area (Å²) in [5.41, 5.74) is 9.35. The monoisotopic (exact) mass is 705 g/mol. The maximum absolute atomic E-state index is 4.18. The van der Waals surface area contributed by atoms with Crippen LogP contribution in [0.25, 0.3) is 103 Å². The molecule has 10 aromatic rings. The summed E-state index contributed by atoms with van der Waals surface area (Å²) in [6.45, 7) is 6.39. The number of thiophene rings is 1. The van der Waals surface area contributed by atoms with E-state index in [9.17, 15) is 0 Å². The minimum Gasteiger partial charge on any atom is -0.309 e. The van der Waals surface area contributed by atoms with Gasteiger partial charge in [0, 0.05) is 42.2 Å². The van der Waals surface area contributed by atoms with Crippen LogP contribution in [0.5, 0.6) is 0 Å². The van der Waals surface area contributed by atoms with Gasteiger partial charge in [0.15, 0.2) is 0 Å². The lowest BCUT2D eigenvalue weighted by Gasteiger charge is -2.15. The number of fused-ring (bicyclic) bond motifs is 12. The summed E-state index contributed by atoms with van der Waals surface area (Å²) >= 11 is 1.86. The molecular weight excluding hydrogens is 671 g/mol. The molecule has 2 heteroatoms. The van der Waals surface area contributed by atoms with Crippen LogP contribution < -0.4 is 0 Å². The van der Waals surface area contributed by atoms with Crippen molar-refractivity contribution < 1.29 is 0 Å². The molecular formula is C52H35NS. The largest absolute Gasteiger partial charge is 0.309 e. The van der Waals surface area contributed by atoms with Crippen LogP contribution in [0.15, 0.2) is 176 Å². The Morgan fingerprint density at radius 2 is 1.04 bits per heavy atom. The molecule has 0 bridgehead atoms. The third-order valence-corrected chi connectivity index (χ3v) is 12.7. The molecule has 0 saturated heterocycles. The average Bonchev–Trinajstić information content (AvgIpc) is 3.70. The minimum absolute atomic E-state index is 0.237. The maximum Gasteiger partial charge on any atom is 0.0541 e. The summed E-state index contributed by atoms with van der Waals surface area (Å²) in [6, 6.07) is 56.2. The third kappa shape index (κ3) is 4.70. The average molecular weight is 706 g/mol. The first-order valence-corrected chi connectivity index (χ1v) is 19.4. The van der Waals surface area contributed by atoms with Gasteiger partial charge in [0.05, 0.1) is 11.2 Å². The standard InChI is InChI=1S/C52H35NS/c1-3-52(2)27-25-43-46-31-35(36-21-24-51-47(32-36)44-17-8-9-18-50(44)54-51)20-23-48(46)53(49(43)26-28-52)37-12-10-11-33(29-37)34-19-22-42-40-15-5-4-13-38(40)39-14-6-7-16-41(39)45(42)30-34/h3-32H,1H2,2H3. The highest BCUT2D eigenvalue weighted by molar-refractivity contribution is 7.25. The quantitative estimate of drug-likeness (QED) is 0.127. The number of hydrogen-bond acceptors (Lipinski definition) is 1. The third-order valence-electron chi connectivity index (χ3n) is 11.6. The smallest absolute Gasteiger partial charge is 0.0541 e. The summed E-state index contributed by atoms with van der Waals surface area (Å²) < 4.78 is 5.09. The number of benzene rings is 8. The zero-order valence-corrected chi connectivity index (χ0v) is 30.7. The van der Waals surface area contributed by atoms with Crippen LogP contribution in [0, 0.1) is 5.41 Å². The zero-order valence-electron chi connectivity index (χ0n) is 29.9. The molecule has 254 valence electrons. The van der Waals surface area contributed by atoms with Crippen molar-refractivity contribution in [1.29, 1.82) is 0 Å². The zero-order chi connectivity index (χ0) is 36.0. The molecule has 2 aromatic heterocycles. The molecule has 0 fully saturated rings. The predicted molar refractivity (Wildman–Crippen MR) is 236 cm³/mol. The molecule has 0 aliphatic heterocycles. The molecule has 0 spiro atoms. The first kappa shape index (κ1) is 31.1. The molecule has 8 aromatic carbocycles. The van der Waals surface area contributed by atoms with Gasteiger partial charge >= 0.3 is 0 Å². The van der Waals surface area contributed by atoms with Crippen LogP contribution in [0.4, 0.5) is 0 Å². The van der Waals surface area contributed by atoms with Gasteiger partial charge in [-0.2, -0.15) is 0 Å². The molecule has 11 rings (SSSR count). The van der Waals surface area contributed by atoms with Gasteiger partial charge in [-0.3, -0.25) is 0 Å². The summed E-state index contributed by atoms with van der Waals surface area (Å²) in [5, 5.41) is 11.6. The van der Waals surface area contributed by atoms with Crippen molar-refractivity contribution in [3.8, 4) is 27.9 Å². The summed E-state index contributed by atoms with van der Waals surface area (Å²) in [5.74, 6) is 0.